The highest BCUT2D eigenvalue weighted by Crippen LogP contribution is 2.44. The van der Waals surface area contributed by atoms with Crippen molar-refractivity contribution in [2.45, 2.75) is 26.2 Å². The predicted octanol–water partition coefficient (Wildman–Crippen LogP) is 2.59. The van der Waals surface area contributed by atoms with Crippen LogP contribution in [0.5, 0.6) is 0 Å². The van der Waals surface area contributed by atoms with Gasteiger partial charge >= 0.3 is 0 Å². The highest BCUT2D eigenvalue weighted by molar-refractivity contribution is 6.30. The number of nitrogens with zero attached hydrogens (tertiary/aromatic N) is 2. The standard InChI is InChI=1S/C17H20ClN3O2/c1-2-15-14(16(23)19-10-17(11-22)6-7-17)9-20-21(15)13-5-3-4-12(18)8-13/h3-5,8-9,22H,2,6-7,10-11H2,1H3,(H,19,23). The van der Waals surface area contributed by atoms with Crippen molar-refractivity contribution in [2.75, 3.05) is 13.2 Å². The Bertz CT molecular complexity index is 722. The smallest absolute Gasteiger partial charge is 0.254 e. The molecule has 6 heteroatoms. The van der Waals surface area contributed by atoms with Gasteiger partial charge in [-0.05, 0) is 37.5 Å². The number of halogens is 1. The molecular weight excluding hydrogens is 314 g/mol. The van der Waals surface area contributed by atoms with Crippen LogP contribution >= 0.6 is 11.6 Å². The summed E-state index contributed by atoms with van der Waals surface area (Å²) in [5.41, 5.74) is 2.15. The molecular formula is C17H20ClN3O2. The van der Waals surface area contributed by atoms with Gasteiger partial charge < -0.3 is 10.4 Å². The number of amides is 1. The van der Waals surface area contributed by atoms with Crippen molar-refractivity contribution in [3.63, 3.8) is 0 Å². The normalized spacial score (nSPS) is 15.4. The molecule has 3 rings (SSSR count). The van der Waals surface area contributed by atoms with Gasteiger partial charge in [0, 0.05) is 17.0 Å². The van der Waals surface area contributed by atoms with Crippen molar-refractivity contribution in [1.29, 1.82) is 0 Å². The van der Waals surface area contributed by atoms with Gasteiger partial charge in [0.15, 0.2) is 0 Å². The quantitative estimate of drug-likeness (QED) is 0.854. The Labute approximate surface area is 140 Å². The molecule has 1 heterocycles. The maximum absolute atomic E-state index is 12.5. The number of hydrogen-bond donors (Lipinski definition) is 2. The van der Waals surface area contributed by atoms with Crippen LogP contribution in [0.15, 0.2) is 30.5 Å². The third-order valence-electron chi connectivity index (χ3n) is 4.42. The fraction of sp³-hybridized carbons (Fsp3) is 0.412. The minimum absolute atomic E-state index is 0.106. The summed E-state index contributed by atoms with van der Waals surface area (Å²) in [7, 11) is 0. The number of benzene rings is 1. The molecule has 23 heavy (non-hydrogen) atoms. The van der Waals surface area contributed by atoms with E-state index in [1.54, 1.807) is 16.9 Å². The fourth-order valence-electron chi connectivity index (χ4n) is 2.66. The number of nitrogens with one attached hydrogen (secondary N) is 1. The molecule has 2 N–H and O–H groups in total. The van der Waals surface area contributed by atoms with Crippen LogP contribution in [0.1, 0.15) is 35.8 Å². The molecule has 1 fully saturated rings. The molecule has 0 unspecified atom stereocenters. The number of aliphatic hydroxyl groups is 1. The van der Waals surface area contributed by atoms with Crippen LogP contribution in [0.4, 0.5) is 0 Å². The van der Waals surface area contributed by atoms with Crippen LogP contribution in [-0.4, -0.2) is 33.9 Å². The molecule has 0 aliphatic heterocycles. The van der Waals surface area contributed by atoms with E-state index in [-0.39, 0.29) is 17.9 Å². The average molecular weight is 334 g/mol. The first-order valence-electron chi connectivity index (χ1n) is 7.80. The minimum atomic E-state index is -0.144. The van der Waals surface area contributed by atoms with Gasteiger partial charge in [0.1, 0.15) is 0 Å². The molecule has 1 aliphatic carbocycles. The van der Waals surface area contributed by atoms with Gasteiger partial charge in [-0.3, -0.25) is 4.79 Å². The van der Waals surface area contributed by atoms with Gasteiger partial charge in [0.05, 0.1) is 29.7 Å². The van der Waals surface area contributed by atoms with Gasteiger partial charge in [-0.15, -0.1) is 0 Å². The van der Waals surface area contributed by atoms with Crippen LogP contribution in [0.3, 0.4) is 0 Å². The SMILES string of the molecule is CCc1c(C(=O)NCC2(CO)CC2)cnn1-c1cccc(Cl)c1. The van der Waals surface area contributed by atoms with E-state index in [1.807, 2.05) is 25.1 Å². The van der Waals surface area contributed by atoms with Crippen molar-refractivity contribution in [3.8, 4) is 5.69 Å². The monoisotopic (exact) mass is 333 g/mol. The van der Waals surface area contributed by atoms with Gasteiger partial charge in [-0.2, -0.15) is 5.10 Å². The molecule has 0 saturated heterocycles. The van der Waals surface area contributed by atoms with E-state index in [1.165, 1.54) is 0 Å². The maximum atomic E-state index is 12.5. The highest BCUT2D eigenvalue weighted by atomic mass is 35.5. The molecule has 5 nitrogen and oxygen atoms in total. The molecule has 0 spiro atoms. The third kappa shape index (κ3) is 3.26. The molecule has 1 aromatic carbocycles. The van der Waals surface area contributed by atoms with Crippen LogP contribution in [0, 0.1) is 5.41 Å². The van der Waals surface area contributed by atoms with Crippen LogP contribution in [0.2, 0.25) is 5.02 Å². The summed E-state index contributed by atoms with van der Waals surface area (Å²) in [5.74, 6) is -0.144. The number of hydrogen-bond acceptors (Lipinski definition) is 3. The molecule has 1 aliphatic rings. The second kappa shape index (κ2) is 6.34. The van der Waals surface area contributed by atoms with Gasteiger partial charge in [-0.1, -0.05) is 24.6 Å². The first-order valence-corrected chi connectivity index (χ1v) is 8.18. The zero-order valence-corrected chi connectivity index (χ0v) is 13.8. The molecule has 1 amide bonds. The Balaban J connectivity index is 1.82. The summed E-state index contributed by atoms with van der Waals surface area (Å²) in [5, 5.41) is 17.2. The van der Waals surface area contributed by atoms with Crippen molar-refractivity contribution >= 4 is 17.5 Å². The molecule has 0 radical (unpaired) electrons. The van der Waals surface area contributed by atoms with Crippen molar-refractivity contribution in [3.05, 3.63) is 46.7 Å². The van der Waals surface area contributed by atoms with E-state index < -0.39 is 0 Å². The van der Waals surface area contributed by atoms with Gasteiger partial charge in [-0.25, -0.2) is 4.68 Å². The van der Waals surface area contributed by atoms with Crippen LogP contribution < -0.4 is 5.32 Å². The summed E-state index contributed by atoms with van der Waals surface area (Å²) in [6.45, 7) is 2.62. The van der Waals surface area contributed by atoms with Crippen molar-refractivity contribution in [1.82, 2.24) is 15.1 Å². The number of aliphatic hydroxyl groups excluding tert-OH is 1. The molecule has 0 atom stereocenters. The summed E-state index contributed by atoms with van der Waals surface area (Å²) < 4.78 is 1.75. The lowest BCUT2D eigenvalue weighted by Crippen LogP contribution is -2.32. The topological polar surface area (TPSA) is 67.2 Å². The minimum Gasteiger partial charge on any atom is -0.396 e. The maximum Gasteiger partial charge on any atom is 0.254 e. The Hall–Kier alpha value is -1.85. The fourth-order valence-corrected chi connectivity index (χ4v) is 2.85. The lowest BCUT2D eigenvalue weighted by Gasteiger charge is -2.13. The van der Waals surface area contributed by atoms with E-state index in [0.717, 1.165) is 24.2 Å². The number of carbonyl (C=O) groups is 1. The first-order chi connectivity index (χ1) is 11.1. The van der Waals surface area contributed by atoms with E-state index in [4.69, 9.17) is 11.6 Å². The molecule has 2 aromatic rings. The molecule has 1 saturated carbocycles. The largest absolute Gasteiger partial charge is 0.396 e. The highest BCUT2D eigenvalue weighted by Gasteiger charge is 2.42. The number of aromatic nitrogens is 2. The summed E-state index contributed by atoms with van der Waals surface area (Å²) in [6.07, 6.45) is 4.20. The number of carbonyl (C=O) groups excluding carboxylic acids is 1. The van der Waals surface area contributed by atoms with Crippen molar-refractivity contribution < 1.29 is 9.90 Å². The first kappa shape index (κ1) is 16.0. The summed E-state index contributed by atoms with van der Waals surface area (Å²) >= 11 is 6.04. The third-order valence-corrected chi connectivity index (χ3v) is 4.65. The molecule has 1 aromatic heterocycles. The second-order valence-corrected chi connectivity index (χ2v) is 6.53. The van der Waals surface area contributed by atoms with E-state index in [9.17, 15) is 9.90 Å². The molecule has 122 valence electrons. The zero-order chi connectivity index (χ0) is 16.4. The van der Waals surface area contributed by atoms with Crippen LogP contribution in [-0.2, 0) is 6.42 Å². The van der Waals surface area contributed by atoms with Crippen LogP contribution in [0.25, 0.3) is 5.69 Å². The van der Waals surface area contributed by atoms with E-state index >= 15 is 0 Å². The van der Waals surface area contributed by atoms with Gasteiger partial charge in [0.2, 0.25) is 0 Å². The summed E-state index contributed by atoms with van der Waals surface area (Å²) in [4.78, 5) is 12.5. The Morgan fingerprint density at radius 2 is 2.26 bits per heavy atom. The Morgan fingerprint density at radius 1 is 1.48 bits per heavy atom. The van der Waals surface area contributed by atoms with Gasteiger partial charge in [0.25, 0.3) is 5.91 Å². The Morgan fingerprint density at radius 3 is 2.87 bits per heavy atom. The lowest BCUT2D eigenvalue weighted by atomic mass is 10.1. The second-order valence-electron chi connectivity index (χ2n) is 6.09. The number of rotatable bonds is 6. The molecule has 0 bridgehead atoms. The van der Waals surface area contributed by atoms with Crippen molar-refractivity contribution in [2.24, 2.45) is 5.41 Å². The predicted molar refractivity (Wildman–Crippen MR) is 89.0 cm³/mol. The lowest BCUT2D eigenvalue weighted by molar-refractivity contribution is 0.0934. The zero-order valence-electron chi connectivity index (χ0n) is 13.1. The van der Waals surface area contributed by atoms with E-state index in [0.29, 0.717) is 23.6 Å². The summed E-state index contributed by atoms with van der Waals surface area (Å²) in [6, 6.07) is 7.39. The Kier molecular flexibility index (Phi) is 4.41. The van der Waals surface area contributed by atoms with E-state index in [2.05, 4.69) is 10.4 Å². The average Bonchev–Trinajstić information content (AvgIpc) is 3.22.